The first kappa shape index (κ1) is 20.4. The smallest absolute Gasteiger partial charge is 0.337 e. The Labute approximate surface area is 151 Å². The first-order valence-electron chi connectivity index (χ1n) is 6.97. The van der Waals surface area contributed by atoms with E-state index in [0.29, 0.717) is 10.0 Å². The van der Waals surface area contributed by atoms with E-state index in [1.165, 1.54) is 25.3 Å². The molecule has 0 spiro atoms. The van der Waals surface area contributed by atoms with E-state index < -0.39 is 16.0 Å². The third kappa shape index (κ3) is 5.15. The molecule has 1 aromatic carbocycles. The van der Waals surface area contributed by atoms with Crippen LogP contribution in [0.3, 0.4) is 0 Å². The highest BCUT2D eigenvalue weighted by atomic mass is 79.9. The van der Waals surface area contributed by atoms with Crippen LogP contribution in [0.25, 0.3) is 0 Å². The van der Waals surface area contributed by atoms with E-state index in [0.717, 1.165) is 19.4 Å². The van der Waals surface area contributed by atoms with Gasteiger partial charge in [0.15, 0.2) is 0 Å². The number of carbonyl (C=O) groups excluding carboxylic acids is 1. The molecule has 0 aliphatic carbocycles. The predicted octanol–water partition coefficient (Wildman–Crippen LogP) is 2.08. The molecule has 1 fully saturated rings. The van der Waals surface area contributed by atoms with Gasteiger partial charge in [-0.1, -0.05) is 0 Å². The Morgan fingerprint density at radius 1 is 1.43 bits per heavy atom. The van der Waals surface area contributed by atoms with Crippen LogP contribution in [0.15, 0.2) is 27.6 Å². The van der Waals surface area contributed by atoms with Gasteiger partial charge in [-0.2, -0.15) is 0 Å². The molecule has 0 saturated carbocycles. The van der Waals surface area contributed by atoms with Crippen molar-refractivity contribution in [2.45, 2.75) is 36.7 Å². The largest absolute Gasteiger partial charge is 0.465 e. The average Bonchev–Trinajstić information content (AvgIpc) is 2.45. The molecule has 9 heteroatoms. The number of piperidine rings is 1. The van der Waals surface area contributed by atoms with Gasteiger partial charge in [-0.05, 0) is 60.4 Å². The van der Waals surface area contributed by atoms with E-state index in [1.807, 2.05) is 6.92 Å². The minimum absolute atomic E-state index is 0. The van der Waals surface area contributed by atoms with E-state index in [2.05, 4.69) is 30.7 Å². The molecule has 1 aromatic rings. The number of hydrogen-bond acceptors (Lipinski definition) is 5. The molecule has 2 unspecified atom stereocenters. The van der Waals surface area contributed by atoms with Crippen LogP contribution >= 0.6 is 28.3 Å². The van der Waals surface area contributed by atoms with Crippen LogP contribution in [0.2, 0.25) is 0 Å². The zero-order chi connectivity index (χ0) is 16.3. The van der Waals surface area contributed by atoms with Crippen molar-refractivity contribution in [2.24, 2.45) is 0 Å². The highest BCUT2D eigenvalue weighted by Gasteiger charge is 2.26. The molecule has 0 aromatic heterocycles. The number of rotatable bonds is 4. The van der Waals surface area contributed by atoms with Gasteiger partial charge in [-0.15, -0.1) is 12.4 Å². The first-order chi connectivity index (χ1) is 10.3. The van der Waals surface area contributed by atoms with Gasteiger partial charge in [0.1, 0.15) is 0 Å². The SMILES string of the molecule is COC(=O)c1ccc(S(=O)(=O)NC2CCNC(C)C2)c(Br)c1.Cl. The number of esters is 1. The minimum atomic E-state index is -3.64. The van der Waals surface area contributed by atoms with Crippen molar-refractivity contribution in [3.63, 3.8) is 0 Å². The monoisotopic (exact) mass is 426 g/mol. The van der Waals surface area contributed by atoms with Gasteiger partial charge in [0.25, 0.3) is 0 Å². The maximum atomic E-state index is 12.5. The molecular weight excluding hydrogens is 408 g/mol. The number of carbonyl (C=O) groups is 1. The number of benzene rings is 1. The normalized spacial score (nSPS) is 21.3. The Morgan fingerprint density at radius 3 is 2.70 bits per heavy atom. The lowest BCUT2D eigenvalue weighted by atomic mass is 10.0. The summed E-state index contributed by atoms with van der Waals surface area (Å²) in [5.74, 6) is -0.509. The molecule has 1 aliphatic heterocycles. The van der Waals surface area contributed by atoms with Crippen LogP contribution in [-0.4, -0.2) is 40.1 Å². The second kappa shape index (κ2) is 8.43. The van der Waals surface area contributed by atoms with Gasteiger partial charge in [0.2, 0.25) is 10.0 Å². The van der Waals surface area contributed by atoms with E-state index in [1.54, 1.807) is 0 Å². The van der Waals surface area contributed by atoms with Crippen molar-refractivity contribution >= 4 is 44.3 Å². The fourth-order valence-corrected chi connectivity index (χ4v) is 4.85. The van der Waals surface area contributed by atoms with Gasteiger partial charge < -0.3 is 10.1 Å². The van der Waals surface area contributed by atoms with Gasteiger partial charge >= 0.3 is 5.97 Å². The molecule has 1 heterocycles. The lowest BCUT2D eigenvalue weighted by molar-refractivity contribution is 0.0600. The number of nitrogens with one attached hydrogen (secondary N) is 2. The standard InChI is InChI=1S/C14H19BrN2O4S.ClH/c1-9-7-11(5-6-16-9)17-22(19,20)13-4-3-10(8-12(13)15)14(18)21-2;/h3-4,8-9,11,16-17H,5-7H2,1-2H3;1H. The summed E-state index contributed by atoms with van der Waals surface area (Å²) < 4.78 is 32.7. The number of sulfonamides is 1. The van der Waals surface area contributed by atoms with Crippen LogP contribution in [-0.2, 0) is 14.8 Å². The van der Waals surface area contributed by atoms with Crippen molar-refractivity contribution < 1.29 is 17.9 Å². The number of halogens is 2. The molecule has 0 bridgehead atoms. The van der Waals surface area contributed by atoms with Gasteiger partial charge in [-0.3, -0.25) is 0 Å². The van der Waals surface area contributed by atoms with E-state index in [4.69, 9.17) is 0 Å². The Kier molecular flexibility index (Phi) is 7.47. The van der Waals surface area contributed by atoms with Crippen LogP contribution < -0.4 is 10.0 Å². The van der Waals surface area contributed by atoms with Crippen LogP contribution in [0.4, 0.5) is 0 Å². The number of methoxy groups -OCH3 is 1. The zero-order valence-corrected chi connectivity index (χ0v) is 16.1. The summed E-state index contributed by atoms with van der Waals surface area (Å²) in [5, 5.41) is 3.28. The third-order valence-corrected chi connectivity index (χ3v) is 6.09. The molecule has 0 amide bonds. The predicted molar refractivity (Wildman–Crippen MR) is 93.5 cm³/mol. The maximum Gasteiger partial charge on any atom is 0.337 e. The molecule has 6 nitrogen and oxygen atoms in total. The summed E-state index contributed by atoms with van der Waals surface area (Å²) in [6, 6.07) is 4.49. The lowest BCUT2D eigenvalue weighted by Crippen LogP contribution is -2.46. The average molecular weight is 428 g/mol. The van der Waals surface area contributed by atoms with Gasteiger partial charge in [-0.25, -0.2) is 17.9 Å². The second-order valence-electron chi connectivity index (χ2n) is 5.33. The Morgan fingerprint density at radius 2 is 2.13 bits per heavy atom. The molecule has 1 saturated heterocycles. The highest BCUT2D eigenvalue weighted by Crippen LogP contribution is 2.24. The summed E-state index contributed by atoms with van der Waals surface area (Å²) in [5.41, 5.74) is 0.295. The lowest BCUT2D eigenvalue weighted by Gasteiger charge is -2.28. The first-order valence-corrected chi connectivity index (χ1v) is 9.24. The summed E-state index contributed by atoms with van der Waals surface area (Å²) in [6.45, 7) is 2.82. The van der Waals surface area contributed by atoms with E-state index >= 15 is 0 Å². The topological polar surface area (TPSA) is 84.5 Å². The summed E-state index contributed by atoms with van der Waals surface area (Å²) in [6.07, 6.45) is 1.50. The number of hydrogen-bond donors (Lipinski definition) is 2. The van der Waals surface area contributed by atoms with Crippen molar-refractivity contribution in [3.8, 4) is 0 Å². The highest BCUT2D eigenvalue weighted by molar-refractivity contribution is 9.10. The fourth-order valence-electron chi connectivity index (χ4n) is 2.49. The van der Waals surface area contributed by atoms with Crippen LogP contribution in [0, 0.1) is 0 Å². The quantitative estimate of drug-likeness (QED) is 0.719. The Bertz CT molecular complexity index is 669. The second-order valence-corrected chi connectivity index (χ2v) is 7.87. The van der Waals surface area contributed by atoms with Gasteiger partial charge in [0, 0.05) is 16.6 Å². The fraction of sp³-hybridized carbons (Fsp3) is 0.500. The molecule has 1 aliphatic rings. The molecule has 2 atom stereocenters. The van der Waals surface area contributed by atoms with Gasteiger partial charge in [0.05, 0.1) is 17.6 Å². The molecule has 23 heavy (non-hydrogen) atoms. The molecule has 2 rings (SSSR count). The molecule has 0 radical (unpaired) electrons. The minimum Gasteiger partial charge on any atom is -0.465 e. The Hall–Kier alpha value is -0.670. The Balaban J connectivity index is 0.00000264. The zero-order valence-electron chi connectivity index (χ0n) is 12.8. The molecule has 130 valence electrons. The van der Waals surface area contributed by atoms with Crippen molar-refractivity contribution in [3.05, 3.63) is 28.2 Å². The van der Waals surface area contributed by atoms with Crippen LogP contribution in [0.1, 0.15) is 30.1 Å². The molecular formula is C14H20BrClN2O4S. The summed E-state index contributed by atoms with van der Waals surface area (Å²) >= 11 is 3.22. The maximum absolute atomic E-state index is 12.5. The van der Waals surface area contributed by atoms with Crippen molar-refractivity contribution in [1.29, 1.82) is 0 Å². The third-order valence-electron chi connectivity index (χ3n) is 3.59. The van der Waals surface area contributed by atoms with E-state index in [9.17, 15) is 13.2 Å². The van der Waals surface area contributed by atoms with E-state index in [-0.39, 0.29) is 29.4 Å². The molecule has 2 N–H and O–H groups in total. The van der Waals surface area contributed by atoms with Crippen molar-refractivity contribution in [1.82, 2.24) is 10.0 Å². The summed E-state index contributed by atoms with van der Waals surface area (Å²) in [7, 11) is -2.36. The summed E-state index contributed by atoms with van der Waals surface area (Å²) in [4.78, 5) is 11.6. The van der Waals surface area contributed by atoms with Crippen LogP contribution in [0.5, 0.6) is 0 Å². The van der Waals surface area contributed by atoms with Crippen molar-refractivity contribution in [2.75, 3.05) is 13.7 Å². The number of ether oxygens (including phenoxy) is 1.